The Kier molecular flexibility index (Phi) is 3.11. The molecule has 1 aliphatic rings. The van der Waals surface area contributed by atoms with Gasteiger partial charge in [-0.25, -0.2) is 0 Å². The summed E-state index contributed by atoms with van der Waals surface area (Å²) in [6, 6.07) is 13.1. The number of benzene rings is 1. The van der Waals surface area contributed by atoms with E-state index < -0.39 is 0 Å². The molecule has 2 aromatic rings. The van der Waals surface area contributed by atoms with Gasteiger partial charge in [0.15, 0.2) is 0 Å². The van der Waals surface area contributed by atoms with Crippen molar-refractivity contribution < 1.29 is 0 Å². The molecule has 0 fully saturated rings. The first-order chi connectivity index (χ1) is 8.81. The van der Waals surface area contributed by atoms with Crippen molar-refractivity contribution in [1.82, 2.24) is 9.88 Å². The maximum Gasteiger partial charge on any atom is 0.0461 e. The van der Waals surface area contributed by atoms with Crippen LogP contribution < -0.4 is 0 Å². The van der Waals surface area contributed by atoms with Crippen LogP contribution in [0.3, 0.4) is 0 Å². The molecule has 1 aromatic carbocycles. The topological polar surface area (TPSA) is 16.1 Å². The summed E-state index contributed by atoms with van der Waals surface area (Å²) in [6.07, 6.45) is 2.97. The molecule has 1 aromatic heterocycles. The van der Waals surface area contributed by atoms with Gasteiger partial charge in [0, 0.05) is 37.9 Å². The molecule has 18 heavy (non-hydrogen) atoms. The molecule has 0 radical (unpaired) electrons. The van der Waals surface area contributed by atoms with E-state index in [1.165, 1.54) is 22.4 Å². The maximum absolute atomic E-state index is 4.45. The summed E-state index contributed by atoms with van der Waals surface area (Å²) in [7, 11) is 0. The second-order valence-electron chi connectivity index (χ2n) is 5.06. The van der Waals surface area contributed by atoms with Crippen molar-refractivity contribution >= 4 is 0 Å². The quantitative estimate of drug-likeness (QED) is 0.799. The van der Waals surface area contributed by atoms with E-state index in [9.17, 15) is 0 Å². The fourth-order valence-electron chi connectivity index (χ4n) is 2.51. The maximum atomic E-state index is 4.45. The summed E-state index contributed by atoms with van der Waals surface area (Å²) < 4.78 is 0. The number of aromatic nitrogens is 1. The highest BCUT2D eigenvalue weighted by Crippen LogP contribution is 2.18. The first kappa shape index (κ1) is 11.4. The summed E-state index contributed by atoms with van der Waals surface area (Å²) >= 11 is 0. The highest BCUT2D eigenvalue weighted by Gasteiger charge is 2.16. The van der Waals surface area contributed by atoms with Crippen molar-refractivity contribution in [1.29, 1.82) is 0 Å². The van der Waals surface area contributed by atoms with Gasteiger partial charge >= 0.3 is 0 Å². The zero-order chi connectivity index (χ0) is 12.4. The van der Waals surface area contributed by atoms with Gasteiger partial charge < -0.3 is 0 Å². The lowest BCUT2D eigenvalue weighted by Gasteiger charge is -2.28. The lowest BCUT2D eigenvalue weighted by molar-refractivity contribution is 0.243. The van der Waals surface area contributed by atoms with Gasteiger partial charge in [0.1, 0.15) is 0 Å². The molecule has 2 heteroatoms. The SMILES string of the molecule is Cc1ccc(CN2CCc3ncccc3C2)cc1. The van der Waals surface area contributed by atoms with E-state index in [0.29, 0.717) is 0 Å². The molecule has 92 valence electrons. The number of aryl methyl sites for hydroxylation is 1. The molecule has 0 saturated heterocycles. The first-order valence-electron chi connectivity index (χ1n) is 6.52. The summed E-state index contributed by atoms with van der Waals surface area (Å²) in [5.41, 5.74) is 5.38. The van der Waals surface area contributed by atoms with E-state index in [1.807, 2.05) is 12.3 Å². The van der Waals surface area contributed by atoms with Crippen molar-refractivity contribution in [2.45, 2.75) is 26.4 Å². The molecule has 3 rings (SSSR count). The molecule has 0 unspecified atom stereocenters. The minimum absolute atomic E-state index is 1.02. The average molecular weight is 238 g/mol. The molecule has 0 bridgehead atoms. The zero-order valence-corrected chi connectivity index (χ0v) is 10.8. The summed E-state index contributed by atoms with van der Waals surface area (Å²) in [4.78, 5) is 6.94. The Morgan fingerprint density at radius 3 is 2.83 bits per heavy atom. The largest absolute Gasteiger partial charge is 0.294 e. The third-order valence-corrected chi connectivity index (χ3v) is 3.57. The third-order valence-electron chi connectivity index (χ3n) is 3.57. The lowest BCUT2D eigenvalue weighted by atomic mass is 10.0. The van der Waals surface area contributed by atoms with Gasteiger partial charge in [-0.05, 0) is 24.1 Å². The van der Waals surface area contributed by atoms with Gasteiger partial charge in [0.25, 0.3) is 0 Å². The third kappa shape index (κ3) is 2.44. The van der Waals surface area contributed by atoms with Crippen LogP contribution in [0.4, 0.5) is 0 Å². The van der Waals surface area contributed by atoms with Crippen LogP contribution in [0.25, 0.3) is 0 Å². The molecule has 1 aliphatic heterocycles. The Morgan fingerprint density at radius 2 is 2.00 bits per heavy atom. The molecule has 0 amide bonds. The molecular weight excluding hydrogens is 220 g/mol. The summed E-state index contributed by atoms with van der Waals surface area (Å²) in [5, 5.41) is 0. The van der Waals surface area contributed by atoms with Crippen LogP contribution in [0, 0.1) is 6.92 Å². The van der Waals surface area contributed by atoms with Crippen LogP contribution in [0.1, 0.15) is 22.4 Å². The predicted molar refractivity (Wildman–Crippen MR) is 73.2 cm³/mol. The van der Waals surface area contributed by atoms with Crippen molar-refractivity contribution in [2.24, 2.45) is 0 Å². The van der Waals surface area contributed by atoms with Crippen molar-refractivity contribution in [3.05, 3.63) is 65.0 Å². The van der Waals surface area contributed by atoms with Crippen LogP contribution >= 0.6 is 0 Å². The average Bonchev–Trinajstić information content (AvgIpc) is 2.41. The van der Waals surface area contributed by atoms with Gasteiger partial charge in [0.2, 0.25) is 0 Å². The van der Waals surface area contributed by atoms with Gasteiger partial charge in [-0.15, -0.1) is 0 Å². The molecule has 0 spiro atoms. The summed E-state index contributed by atoms with van der Waals surface area (Å²) in [5.74, 6) is 0. The fourth-order valence-corrected chi connectivity index (χ4v) is 2.51. The number of nitrogens with zero attached hydrogens (tertiary/aromatic N) is 2. The minimum Gasteiger partial charge on any atom is -0.294 e. The van der Waals surface area contributed by atoms with Crippen LogP contribution in [0.15, 0.2) is 42.6 Å². The van der Waals surface area contributed by atoms with Crippen LogP contribution in [0.2, 0.25) is 0 Å². The first-order valence-corrected chi connectivity index (χ1v) is 6.52. The Balaban J connectivity index is 1.71. The second kappa shape index (κ2) is 4.91. The Bertz CT molecular complexity index is 531. The number of fused-ring (bicyclic) bond motifs is 1. The molecule has 0 saturated carbocycles. The molecule has 2 heterocycles. The lowest BCUT2D eigenvalue weighted by Crippen LogP contribution is -2.30. The zero-order valence-electron chi connectivity index (χ0n) is 10.8. The van der Waals surface area contributed by atoms with E-state index >= 15 is 0 Å². The van der Waals surface area contributed by atoms with E-state index in [4.69, 9.17) is 0 Å². The Morgan fingerprint density at radius 1 is 1.17 bits per heavy atom. The Labute approximate surface area is 108 Å². The van der Waals surface area contributed by atoms with Gasteiger partial charge in [-0.1, -0.05) is 35.9 Å². The number of hydrogen-bond donors (Lipinski definition) is 0. The molecule has 0 aliphatic carbocycles. The molecule has 0 N–H and O–H groups in total. The number of pyridine rings is 1. The van der Waals surface area contributed by atoms with Gasteiger partial charge in [0.05, 0.1) is 0 Å². The van der Waals surface area contributed by atoms with Gasteiger partial charge in [-0.3, -0.25) is 9.88 Å². The highest BCUT2D eigenvalue weighted by atomic mass is 15.1. The van der Waals surface area contributed by atoms with Crippen LogP contribution in [-0.4, -0.2) is 16.4 Å². The van der Waals surface area contributed by atoms with E-state index in [-0.39, 0.29) is 0 Å². The van der Waals surface area contributed by atoms with Gasteiger partial charge in [-0.2, -0.15) is 0 Å². The van der Waals surface area contributed by atoms with E-state index in [2.05, 4.69) is 47.1 Å². The van der Waals surface area contributed by atoms with Crippen molar-refractivity contribution in [3.8, 4) is 0 Å². The minimum atomic E-state index is 1.02. The standard InChI is InChI=1S/C16H18N2/c1-13-4-6-14(7-5-13)11-18-10-8-16-15(12-18)3-2-9-17-16/h2-7,9H,8,10-12H2,1H3. The highest BCUT2D eigenvalue weighted by molar-refractivity contribution is 5.24. The van der Waals surface area contributed by atoms with E-state index in [0.717, 1.165) is 26.1 Å². The Hall–Kier alpha value is -1.67. The number of hydrogen-bond acceptors (Lipinski definition) is 2. The fraction of sp³-hybridized carbons (Fsp3) is 0.312. The predicted octanol–water partition coefficient (Wildman–Crippen LogP) is 2.95. The van der Waals surface area contributed by atoms with Crippen molar-refractivity contribution in [2.75, 3.05) is 6.54 Å². The van der Waals surface area contributed by atoms with Crippen LogP contribution in [-0.2, 0) is 19.5 Å². The molecule has 2 nitrogen and oxygen atoms in total. The summed E-state index contributed by atoms with van der Waals surface area (Å²) in [6.45, 7) is 5.30. The monoisotopic (exact) mass is 238 g/mol. The normalized spacial score (nSPS) is 15.4. The smallest absolute Gasteiger partial charge is 0.0461 e. The van der Waals surface area contributed by atoms with E-state index in [1.54, 1.807) is 0 Å². The second-order valence-corrected chi connectivity index (χ2v) is 5.06. The number of rotatable bonds is 2. The molecule has 0 atom stereocenters. The van der Waals surface area contributed by atoms with Crippen molar-refractivity contribution in [3.63, 3.8) is 0 Å². The van der Waals surface area contributed by atoms with Crippen LogP contribution in [0.5, 0.6) is 0 Å². The molecular formula is C16H18N2.